The number of hydrogen-bond acceptors (Lipinski definition) is 5. The Labute approximate surface area is 128 Å². The Morgan fingerprint density at radius 1 is 1.38 bits per heavy atom. The first-order chi connectivity index (χ1) is 10.1. The molecule has 0 aliphatic carbocycles. The van der Waals surface area contributed by atoms with E-state index >= 15 is 0 Å². The van der Waals surface area contributed by atoms with Crippen molar-refractivity contribution in [3.05, 3.63) is 11.8 Å². The smallest absolute Gasteiger partial charge is 0.342 e. The Kier molecular flexibility index (Phi) is 7.66. The van der Waals surface area contributed by atoms with Crippen LogP contribution in [0.3, 0.4) is 0 Å². The summed E-state index contributed by atoms with van der Waals surface area (Å²) in [6.07, 6.45) is 3.56. The molecule has 7 nitrogen and oxygen atoms in total. The number of esters is 1. The molecule has 0 atom stereocenters. The first-order valence-electron chi connectivity index (χ1n) is 7.07. The van der Waals surface area contributed by atoms with Crippen molar-refractivity contribution in [1.29, 1.82) is 0 Å². The van der Waals surface area contributed by atoms with Crippen LogP contribution in [0.1, 0.15) is 44.0 Å². The minimum Gasteiger partial charge on any atom is -0.462 e. The molecule has 2 amide bonds. The van der Waals surface area contributed by atoms with Gasteiger partial charge >= 0.3 is 12.0 Å². The van der Waals surface area contributed by atoms with Crippen LogP contribution in [0.5, 0.6) is 0 Å². The van der Waals surface area contributed by atoms with Crippen molar-refractivity contribution in [3.63, 3.8) is 0 Å². The molecule has 2 N–H and O–H groups in total. The van der Waals surface area contributed by atoms with E-state index in [0.717, 1.165) is 24.8 Å². The van der Waals surface area contributed by atoms with E-state index in [0.29, 0.717) is 30.3 Å². The van der Waals surface area contributed by atoms with Gasteiger partial charge in [0, 0.05) is 31.2 Å². The molecule has 0 radical (unpaired) electrons. The summed E-state index contributed by atoms with van der Waals surface area (Å²) in [5.74, 6) is -0.437. The minimum atomic E-state index is -0.437. The zero-order chi connectivity index (χ0) is 15.7. The maximum Gasteiger partial charge on any atom is 0.342 e. The number of unbranched alkanes of at least 4 members (excludes halogenated alkanes) is 1. The largest absolute Gasteiger partial charge is 0.462 e. The molecular weight excluding hydrogens is 292 g/mol. The second kappa shape index (κ2) is 9.28. The summed E-state index contributed by atoms with van der Waals surface area (Å²) in [6, 6.07) is -0.297. The highest BCUT2D eigenvalue weighted by Crippen LogP contribution is 2.19. The van der Waals surface area contributed by atoms with Crippen molar-refractivity contribution in [2.45, 2.75) is 45.2 Å². The van der Waals surface area contributed by atoms with Crippen LogP contribution in [-0.2, 0) is 11.3 Å². The summed E-state index contributed by atoms with van der Waals surface area (Å²) >= 11 is 1.01. The minimum absolute atomic E-state index is 0.297. The summed E-state index contributed by atoms with van der Waals surface area (Å²) in [7, 11) is 0. The molecule has 8 heteroatoms. The molecule has 0 saturated carbocycles. The molecule has 0 spiro atoms. The molecule has 1 heterocycles. The van der Waals surface area contributed by atoms with Crippen molar-refractivity contribution >= 4 is 23.9 Å². The van der Waals surface area contributed by atoms with E-state index in [1.807, 2.05) is 6.92 Å². The van der Waals surface area contributed by atoms with Crippen LogP contribution >= 0.6 is 11.9 Å². The summed E-state index contributed by atoms with van der Waals surface area (Å²) in [6.45, 7) is 7.27. The van der Waals surface area contributed by atoms with E-state index in [2.05, 4.69) is 22.1 Å². The van der Waals surface area contributed by atoms with Gasteiger partial charge in [-0.15, -0.1) is 0 Å². The van der Waals surface area contributed by atoms with E-state index in [1.54, 1.807) is 17.8 Å². The Bertz CT molecular complexity index is 476. The lowest BCUT2D eigenvalue weighted by atomic mass is 10.3. The van der Waals surface area contributed by atoms with Crippen LogP contribution in [-0.4, -0.2) is 34.9 Å². The van der Waals surface area contributed by atoms with Crippen molar-refractivity contribution in [1.82, 2.24) is 19.8 Å². The van der Waals surface area contributed by atoms with Crippen LogP contribution in [0.4, 0.5) is 4.79 Å². The van der Waals surface area contributed by atoms with Gasteiger partial charge in [0.15, 0.2) is 5.03 Å². The van der Waals surface area contributed by atoms with Gasteiger partial charge in [-0.2, -0.15) is 5.10 Å². The van der Waals surface area contributed by atoms with Crippen molar-refractivity contribution in [3.8, 4) is 0 Å². The second-order valence-electron chi connectivity index (χ2n) is 4.24. The average molecular weight is 314 g/mol. The number of hydrogen-bond donors (Lipinski definition) is 2. The highest BCUT2D eigenvalue weighted by Gasteiger charge is 2.18. The van der Waals surface area contributed by atoms with Gasteiger partial charge in [0.05, 0.1) is 6.61 Å². The third kappa shape index (κ3) is 5.66. The molecule has 0 aliphatic rings. The molecule has 21 heavy (non-hydrogen) atoms. The zero-order valence-electron chi connectivity index (χ0n) is 12.6. The average Bonchev–Trinajstić information content (AvgIpc) is 2.89. The van der Waals surface area contributed by atoms with Crippen molar-refractivity contribution in [2.75, 3.05) is 13.2 Å². The SMILES string of the molecule is CCCCNC(=O)NSc1nn(CC)cc1C(=O)OCC. The van der Waals surface area contributed by atoms with Gasteiger partial charge in [0.1, 0.15) is 5.56 Å². The van der Waals surface area contributed by atoms with Crippen molar-refractivity contribution < 1.29 is 14.3 Å². The summed E-state index contributed by atoms with van der Waals surface area (Å²) in [5, 5.41) is 7.39. The normalized spacial score (nSPS) is 10.2. The van der Waals surface area contributed by atoms with Gasteiger partial charge in [-0.1, -0.05) is 13.3 Å². The van der Waals surface area contributed by atoms with E-state index in [4.69, 9.17) is 4.74 Å². The Balaban J connectivity index is 2.62. The molecule has 0 bridgehead atoms. The number of aryl methyl sites for hydroxylation is 1. The monoisotopic (exact) mass is 314 g/mol. The van der Waals surface area contributed by atoms with Gasteiger partial charge in [-0.3, -0.25) is 9.40 Å². The quantitative estimate of drug-likeness (QED) is 0.436. The number of carbonyl (C=O) groups excluding carboxylic acids is 2. The lowest BCUT2D eigenvalue weighted by Gasteiger charge is -2.05. The summed E-state index contributed by atoms with van der Waals surface area (Å²) in [5.41, 5.74) is 0.359. The molecule has 1 aromatic heterocycles. The van der Waals surface area contributed by atoms with Crippen LogP contribution in [0.2, 0.25) is 0 Å². The number of amides is 2. The number of nitrogens with one attached hydrogen (secondary N) is 2. The molecule has 0 saturated heterocycles. The number of nitrogens with zero attached hydrogens (tertiary/aromatic N) is 2. The number of rotatable bonds is 8. The number of aromatic nitrogens is 2. The van der Waals surface area contributed by atoms with E-state index in [9.17, 15) is 9.59 Å². The molecular formula is C13H22N4O3S. The lowest BCUT2D eigenvalue weighted by Crippen LogP contribution is -2.32. The molecule has 0 unspecified atom stereocenters. The molecule has 0 aromatic carbocycles. The molecule has 118 valence electrons. The summed E-state index contributed by atoms with van der Waals surface area (Å²) < 4.78 is 9.22. The second-order valence-corrected chi connectivity index (χ2v) is 5.03. The Hall–Kier alpha value is -1.70. The van der Waals surface area contributed by atoms with E-state index in [1.165, 1.54) is 0 Å². The number of carbonyl (C=O) groups is 2. The fraction of sp³-hybridized carbons (Fsp3) is 0.615. The molecule has 1 aromatic rings. The highest BCUT2D eigenvalue weighted by molar-refractivity contribution is 7.98. The van der Waals surface area contributed by atoms with E-state index in [-0.39, 0.29) is 6.03 Å². The van der Waals surface area contributed by atoms with Crippen LogP contribution in [0.25, 0.3) is 0 Å². The zero-order valence-corrected chi connectivity index (χ0v) is 13.5. The van der Waals surface area contributed by atoms with Gasteiger partial charge < -0.3 is 10.1 Å². The Morgan fingerprint density at radius 3 is 2.76 bits per heavy atom. The third-order valence-electron chi connectivity index (χ3n) is 2.60. The predicted molar refractivity (Wildman–Crippen MR) is 81.2 cm³/mol. The van der Waals surface area contributed by atoms with E-state index < -0.39 is 5.97 Å². The van der Waals surface area contributed by atoms with Gasteiger partial charge in [0.2, 0.25) is 0 Å². The molecule has 1 rings (SSSR count). The Morgan fingerprint density at radius 2 is 2.14 bits per heavy atom. The van der Waals surface area contributed by atoms with Crippen LogP contribution in [0, 0.1) is 0 Å². The van der Waals surface area contributed by atoms with Gasteiger partial charge in [-0.25, -0.2) is 9.59 Å². The van der Waals surface area contributed by atoms with Crippen LogP contribution < -0.4 is 10.0 Å². The van der Waals surface area contributed by atoms with Gasteiger partial charge in [0.25, 0.3) is 0 Å². The predicted octanol–water partition coefficient (Wildman–Crippen LogP) is 2.19. The number of ether oxygens (including phenoxy) is 1. The fourth-order valence-electron chi connectivity index (χ4n) is 1.50. The summed E-state index contributed by atoms with van der Waals surface area (Å²) in [4.78, 5) is 23.4. The standard InChI is InChI=1S/C13H22N4O3S/c1-4-7-8-14-13(19)16-21-11-10(12(18)20-6-3)9-17(5-2)15-11/h9H,4-8H2,1-3H3,(H2,14,16,19). The third-order valence-corrected chi connectivity index (χ3v) is 3.39. The first-order valence-corrected chi connectivity index (χ1v) is 7.89. The molecule has 0 aliphatic heterocycles. The number of urea groups is 1. The van der Waals surface area contributed by atoms with Gasteiger partial charge in [-0.05, 0) is 20.3 Å². The highest BCUT2D eigenvalue weighted by atomic mass is 32.2. The lowest BCUT2D eigenvalue weighted by molar-refractivity contribution is 0.0522. The van der Waals surface area contributed by atoms with Crippen LogP contribution in [0.15, 0.2) is 11.2 Å². The first kappa shape index (κ1) is 17.4. The topological polar surface area (TPSA) is 85.3 Å². The molecule has 0 fully saturated rings. The fourth-order valence-corrected chi connectivity index (χ4v) is 2.15. The maximum absolute atomic E-state index is 11.8. The van der Waals surface area contributed by atoms with Crippen molar-refractivity contribution in [2.24, 2.45) is 0 Å². The maximum atomic E-state index is 11.8.